The third kappa shape index (κ3) is 2.15. The van der Waals surface area contributed by atoms with Crippen molar-refractivity contribution < 1.29 is 9.59 Å². The Labute approximate surface area is 117 Å². The van der Waals surface area contributed by atoms with Gasteiger partial charge in [-0.05, 0) is 18.2 Å². The molecule has 1 aliphatic rings. The molecule has 0 spiro atoms. The number of hydrogen-bond donors (Lipinski definition) is 1. The van der Waals surface area contributed by atoms with E-state index in [1.165, 1.54) is 0 Å². The molecule has 1 fully saturated rings. The Kier molecular flexibility index (Phi) is 3.18. The molecule has 1 aliphatic heterocycles. The molecule has 0 unspecified atom stereocenters. The van der Waals surface area contributed by atoms with Gasteiger partial charge in [-0.1, -0.05) is 6.07 Å². The summed E-state index contributed by atoms with van der Waals surface area (Å²) in [6.07, 6.45) is 1.84. The van der Waals surface area contributed by atoms with E-state index in [0.717, 1.165) is 16.5 Å². The van der Waals surface area contributed by atoms with Crippen LogP contribution in [0.25, 0.3) is 10.9 Å². The fourth-order valence-electron chi connectivity index (χ4n) is 2.67. The van der Waals surface area contributed by atoms with E-state index >= 15 is 0 Å². The number of carbonyl (C=O) groups excluding carboxylic acids is 2. The molecule has 5 heteroatoms. The average Bonchev–Trinajstić information content (AvgIpc) is 2.95. The quantitative estimate of drug-likeness (QED) is 0.854. The van der Waals surface area contributed by atoms with Gasteiger partial charge in [-0.3, -0.25) is 9.59 Å². The molecule has 104 valence electrons. The average molecular weight is 271 g/mol. The number of nitrogens with zero attached hydrogens (tertiary/aromatic N) is 2. The Morgan fingerprint density at radius 3 is 2.45 bits per heavy atom. The van der Waals surface area contributed by atoms with Crippen LogP contribution in [0.3, 0.4) is 0 Å². The second kappa shape index (κ2) is 5.00. The number of rotatable bonds is 1. The summed E-state index contributed by atoms with van der Waals surface area (Å²) in [5, 5.41) is 0.950. The monoisotopic (exact) mass is 271 g/mol. The summed E-state index contributed by atoms with van der Waals surface area (Å²) in [7, 11) is 0. The zero-order valence-electron chi connectivity index (χ0n) is 11.4. The lowest BCUT2D eigenvalue weighted by Gasteiger charge is -2.34. The summed E-state index contributed by atoms with van der Waals surface area (Å²) in [5.74, 6) is 0.114. The number of H-pyrrole nitrogens is 1. The maximum absolute atomic E-state index is 12.6. The smallest absolute Gasteiger partial charge is 0.254 e. The molecule has 0 atom stereocenters. The molecule has 5 nitrogen and oxygen atoms in total. The molecule has 1 aromatic carbocycles. The normalized spacial score (nSPS) is 15.7. The molecule has 2 aromatic rings. The van der Waals surface area contributed by atoms with Crippen LogP contribution in [-0.2, 0) is 4.79 Å². The van der Waals surface area contributed by atoms with E-state index in [2.05, 4.69) is 4.98 Å². The van der Waals surface area contributed by atoms with Crippen molar-refractivity contribution >= 4 is 22.7 Å². The molecule has 1 aromatic heterocycles. The first-order valence-electron chi connectivity index (χ1n) is 6.78. The number of aromatic amines is 1. The summed E-state index contributed by atoms with van der Waals surface area (Å²) in [6, 6.07) is 7.63. The highest BCUT2D eigenvalue weighted by molar-refractivity contribution is 6.06. The molecule has 20 heavy (non-hydrogen) atoms. The minimum atomic E-state index is 0.0402. The number of piperazine rings is 1. The molecular formula is C15H17N3O2. The predicted molar refractivity (Wildman–Crippen MR) is 76.5 cm³/mol. The van der Waals surface area contributed by atoms with Crippen molar-refractivity contribution in [1.82, 2.24) is 14.8 Å². The minimum absolute atomic E-state index is 0.0402. The summed E-state index contributed by atoms with van der Waals surface area (Å²) in [5.41, 5.74) is 1.69. The van der Waals surface area contributed by atoms with E-state index in [9.17, 15) is 9.59 Å². The van der Waals surface area contributed by atoms with Gasteiger partial charge in [0.05, 0.1) is 0 Å². The first-order valence-corrected chi connectivity index (χ1v) is 6.78. The first-order chi connectivity index (χ1) is 9.66. The van der Waals surface area contributed by atoms with Crippen LogP contribution < -0.4 is 0 Å². The lowest BCUT2D eigenvalue weighted by molar-refractivity contribution is -0.130. The van der Waals surface area contributed by atoms with Gasteiger partial charge in [-0.25, -0.2) is 0 Å². The van der Waals surface area contributed by atoms with Crippen LogP contribution in [0.5, 0.6) is 0 Å². The zero-order valence-corrected chi connectivity index (χ0v) is 11.4. The molecule has 2 amide bonds. The Morgan fingerprint density at radius 2 is 1.75 bits per heavy atom. The van der Waals surface area contributed by atoms with E-state index in [4.69, 9.17) is 0 Å². The van der Waals surface area contributed by atoms with Gasteiger partial charge in [0.25, 0.3) is 5.91 Å². The minimum Gasteiger partial charge on any atom is -0.361 e. The van der Waals surface area contributed by atoms with Gasteiger partial charge in [0.2, 0.25) is 5.91 Å². The van der Waals surface area contributed by atoms with Gasteiger partial charge in [0.1, 0.15) is 0 Å². The van der Waals surface area contributed by atoms with Crippen molar-refractivity contribution in [2.45, 2.75) is 6.92 Å². The Hall–Kier alpha value is -2.30. The van der Waals surface area contributed by atoms with Crippen LogP contribution >= 0.6 is 0 Å². The number of benzene rings is 1. The molecule has 0 bridgehead atoms. The number of carbonyl (C=O) groups is 2. The summed E-state index contributed by atoms with van der Waals surface area (Å²) >= 11 is 0. The highest BCUT2D eigenvalue weighted by Gasteiger charge is 2.24. The molecule has 0 aliphatic carbocycles. The molecule has 2 heterocycles. The van der Waals surface area contributed by atoms with E-state index < -0.39 is 0 Å². The summed E-state index contributed by atoms with van der Waals surface area (Å²) in [6.45, 7) is 3.99. The number of hydrogen-bond acceptors (Lipinski definition) is 2. The van der Waals surface area contributed by atoms with Crippen LogP contribution in [0.2, 0.25) is 0 Å². The van der Waals surface area contributed by atoms with Crippen molar-refractivity contribution in [1.29, 1.82) is 0 Å². The molecule has 0 radical (unpaired) electrons. The van der Waals surface area contributed by atoms with E-state index in [-0.39, 0.29) is 11.8 Å². The number of aromatic nitrogens is 1. The third-order valence-electron chi connectivity index (χ3n) is 3.84. The second-order valence-corrected chi connectivity index (χ2v) is 5.04. The van der Waals surface area contributed by atoms with Crippen LogP contribution in [0.15, 0.2) is 30.5 Å². The Morgan fingerprint density at radius 1 is 1.05 bits per heavy atom. The fourth-order valence-corrected chi connectivity index (χ4v) is 2.67. The maximum atomic E-state index is 12.6. The van der Waals surface area contributed by atoms with Crippen LogP contribution in [-0.4, -0.2) is 52.8 Å². The van der Waals surface area contributed by atoms with Crippen molar-refractivity contribution in [3.05, 3.63) is 36.0 Å². The predicted octanol–water partition coefficient (Wildman–Crippen LogP) is 1.47. The lowest BCUT2D eigenvalue weighted by Crippen LogP contribution is -2.50. The van der Waals surface area contributed by atoms with Crippen molar-refractivity contribution in [3.63, 3.8) is 0 Å². The Bertz CT molecular complexity index is 654. The van der Waals surface area contributed by atoms with Gasteiger partial charge in [-0.15, -0.1) is 0 Å². The van der Waals surface area contributed by atoms with Crippen molar-refractivity contribution in [3.8, 4) is 0 Å². The fraction of sp³-hybridized carbons (Fsp3) is 0.333. The van der Waals surface area contributed by atoms with Gasteiger partial charge >= 0.3 is 0 Å². The van der Waals surface area contributed by atoms with Gasteiger partial charge < -0.3 is 14.8 Å². The van der Waals surface area contributed by atoms with Gasteiger partial charge in [-0.2, -0.15) is 0 Å². The molecule has 3 rings (SSSR count). The van der Waals surface area contributed by atoms with Gasteiger partial charge in [0.15, 0.2) is 0 Å². The van der Waals surface area contributed by atoms with E-state index in [0.29, 0.717) is 26.2 Å². The lowest BCUT2D eigenvalue weighted by atomic mass is 10.1. The SMILES string of the molecule is CC(=O)N1CCN(C(=O)c2cccc3[nH]ccc23)CC1. The van der Waals surface area contributed by atoms with E-state index in [1.807, 2.05) is 35.4 Å². The highest BCUT2D eigenvalue weighted by Crippen LogP contribution is 2.19. The first kappa shape index (κ1) is 12.7. The van der Waals surface area contributed by atoms with Crippen LogP contribution in [0.1, 0.15) is 17.3 Å². The highest BCUT2D eigenvalue weighted by atomic mass is 16.2. The zero-order chi connectivity index (χ0) is 14.1. The topological polar surface area (TPSA) is 56.4 Å². The van der Waals surface area contributed by atoms with Crippen LogP contribution in [0, 0.1) is 0 Å². The van der Waals surface area contributed by atoms with Crippen LogP contribution in [0.4, 0.5) is 0 Å². The maximum Gasteiger partial charge on any atom is 0.254 e. The second-order valence-electron chi connectivity index (χ2n) is 5.04. The standard InChI is InChI=1S/C15H17N3O2/c1-11(19)17-7-9-18(10-8-17)15(20)13-3-2-4-14-12(13)5-6-16-14/h2-6,16H,7-10H2,1H3. The van der Waals surface area contributed by atoms with Gasteiger partial charge in [0, 0.05) is 55.8 Å². The Balaban J connectivity index is 1.80. The molecule has 1 saturated heterocycles. The van der Waals surface area contributed by atoms with Crippen molar-refractivity contribution in [2.75, 3.05) is 26.2 Å². The number of fused-ring (bicyclic) bond motifs is 1. The molecule has 0 saturated carbocycles. The summed E-state index contributed by atoms with van der Waals surface area (Å²) < 4.78 is 0. The van der Waals surface area contributed by atoms with Crippen molar-refractivity contribution in [2.24, 2.45) is 0 Å². The third-order valence-corrected chi connectivity index (χ3v) is 3.84. The summed E-state index contributed by atoms with van der Waals surface area (Å²) in [4.78, 5) is 30.6. The molecular weight excluding hydrogens is 254 g/mol. The molecule has 1 N–H and O–H groups in total. The number of nitrogens with one attached hydrogen (secondary N) is 1. The van der Waals surface area contributed by atoms with E-state index in [1.54, 1.807) is 11.8 Å². The number of amides is 2. The largest absolute Gasteiger partial charge is 0.361 e.